The van der Waals surface area contributed by atoms with Crippen molar-refractivity contribution >= 4 is 17.8 Å². The zero-order chi connectivity index (χ0) is 30.6. The van der Waals surface area contributed by atoms with Gasteiger partial charge in [0.25, 0.3) is 5.91 Å². The van der Waals surface area contributed by atoms with Gasteiger partial charge in [-0.05, 0) is 68.1 Å². The molecule has 224 valence electrons. The Morgan fingerprint density at radius 3 is 2.64 bits per heavy atom. The van der Waals surface area contributed by atoms with Crippen molar-refractivity contribution in [2.45, 2.75) is 63.8 Å². The molecule has 2 aromatic carbocycles. The zero-order valence-corrected chi connectivity index (χ0v) is 24.2. The van der Waals surface area contributed by atoms with Crippen molar-refractivity contribution in [2.24, 2.45) is 10.1 Å². The second-order valence-corrected chi connectivity index (χ2v) is 10.6. The van der Waals surface area contributed by atoms with E-state index in [-0.39, 0.29) is 31.9 Å². The van der Waals surface area contributed by atoms with Gasteiger partial charge in [-0.2, -0.15) is 0 Å². The van der Waals surface area contributed by atoms with Crippen molar-refractivity contribution < 1.29 is 28.9 Å². The molecule has 3 rings (SSSR count). The molecule has 2 atom stereocenters. The van der Waals surface area contributed by atoms with Gasteiger partial charge in [0.05, 0.1) is 13.2 Å². The van der Waals surface area contributed by atoms with Crippen LogP contribution in [0.3, 0.4) is 0 Å². The number of aliphatic imine (C=N–C) groups is 1. The molecule has 42 heavy (non-hydrogen) atoms. The number of aliphatic hydroxyl groups is 1. The maximum Gasteiger partial charge on any atom is 0.306 e. The average Bonchev–Trinajstić information content (AvgIpc) is 3.35. The molecule has 0 unspecified atom stereocenters. The van der Waals surface area contributed by atoms with Gasteiger partial charge in [0.2, 0.25) is 5.90 Å². The van der Waals surface area contributed by atoms with Crippen molar-refractivity contribution in [3.05, 3.63) is 88.3 Å². The summed E-state index contributed by atoms with van der Waals surface area (Å²) in [6, 6.07) is 14.2. The third kappa shape index (κ3) is 8.56. The van der Waals surface area contributed by atoms with E-state index in [0.29, 0.717) is 42.0 Å². The van der Waals surface area contributed by atoms with E-state index in [2.05, 4.69) is 27.5 Å². The number of nitrogens with one attached hydrogen (secondary N) is 2. The molecule has 1 aliphatic heterocycles. The molecule has 0 aliphatic carbocycles. The third-order valence-electron chi connectivity index (χ3n) is 6.25. The molecule has 12 heteroatoms. The number of ether oxygens (including phenoxy) is 3. The van der Waals surface area contributed by atoms with Crippen molar-refractivity contribution in [2.75, 3.05) is 19.8 Å². The van der Waals surface area contributed by atoms with Crippen molar-refractivity contribution in [1.29, 1.82) is 0 Å². The van der Waals surface area contributed by atoms with E-state index in [1.165, 1.54) is 0 Å². The molecule has 2 aromatic rings. The molecular weight excluding hydrogens is 540 g/mol. The van der Waals surface area contributed by atoms with Crippen LogP contribution in [0.15, 0.2) is 71.3 Å². The normalized spacial score (nSPS) is 17.8. The number of rotatable bonds is 15. The molecule has 0 saturated carbocycles. The lowest BCUT2D eigenvalue weighted by molar-refractivity contribution is -0.155. The fourth-order valence-corrected chi connectivity index (χ4v) is 4.39. The number of carbonyl (C=O) groups excluding carboxylic acids is 2. The second-order valence-electron chi connectivity index (χ2n) is 10.6. The van der Waals surface area contributed by atoms with E-state index >= 15 is 0 Å². The SMILES string of the molecule is C=CCNNC(=O)[C@@]1(CCC(=O)OC(C)(C)C)N=C(c2ccc(OCCCO)cc2)O[C@H]1c1ccccc1CN=[N+]=[N-]. The highest BCUT2D eigenvalue weighted by Crippen LogP contribution is 2.44. The minimum Gasteiger partial charge on any atom is -0.494 e. The number of hydrazine groups is 1. The molecule has 0 spiro atoms. The van der Waals surface area contributed by atoms with Crippen LogP contribution in [0.2, 0.25) is 0 Å². The number of azide groups is 1. The Morgan fingerprint density at radius 2 is 1.98 bits per heavy atom. The van der Waals surface area contributed by atoms with Crippen LogP contribution in [0, 0.1) is 0 Å². The van der Waals surface area contributed by atoms with Crippen LogP contribution in [0.4, 0.5) is 0 Å². The summed E-state index contributed by atoms with van der Waals surface area (Å²) in [7, 11) is 0. The molecule has 0 fully saturated rings. The number of nitrogens with zero attached hydrogens (tertiary/aromatic N) is 4. The smallest absolute Gasteiger partial charge is 0.306 e. The minimum absolute atomic E-state index is 0.0280. The number of hydrogen-bond acceptors (Lipinski definition) is 9. The van der Waals surface area contributed by atoms with Crippen LogP contribution in [0.1, 0.15) is 62.8 Å². The molecule has 0 bridgehead atoms. The first-order valence-corrected chi connectivity index (χ1v) is 13.7. The summed E-state index contributed by atoms with van der Waals surface area (Å²) < 4.78 is 17.6. The molecule has 3 N–H and O–H groups in total. The van der Waals surface area contributed by atoms with E-state index in [9.17, 15) is 9.59 Å². The number of aliphatic hydroxyl groups excluding tert-OH is 1. The van der Waals surface area contributed by atoms with Gasteiger partial charge in [0, 0.05) is 36.5 Å². The van der Waals surface area contributed by atoms with Crippen molar-refractivity contribution in [3.63, 3.8) is 0 Å². The standard InChI is InChI=1S/C30H38N6O6/c1-5-17-32-35-28(39)30(16-15-25(38)42-29(2,3)4)26(24-10-7-6-9-22(24)20-33-36-31)41-27(34-30)21-11-13-23(14-12-21)40-19-8-18-37/h5-7,9-14,26,32,37H,1,8,15-20H2,2-4H3,(H,35,39)/t26-,30-/m0/s1. The molecular formula is C30H38N6O6. The van der Waals surface area contributed by atoms with E-state index in [1.807, 2.05) is 0 Å². The summed E-state index contributed by atoms with van der Waals surface area (Å²) in [5.41, 5.74) is 14.0. The van der Waals surface area contributed by atoms with Crippen LogP contribution in [0.25, 0.3) is 10.4 Å². The number of esters is 1. The van der Waals surface area contributed by atoms with Gasteiger partial charge in [0.15, 0.2) is 11.6 Å². The monoisotopic (exact) mass is 578 g/mol. The van der Waals surface area contributed by atoms with E-state index in [0.717, 1.165) is 0 Å². The van der Waals surface area contributed by atoms with Crippen LogP contribution in [-0.2, 0) is 25.6 Å². The summed E-state index contributed by atoms with van der Waals surface area (Å²) in [6.07, 6.45) is 0.981. The molecule has 0 radical (unpaired) electrons. The average molecular weight is 579 g/mol. The largest absolute Gasteiger partial charge is 0.494 e. The van der Waals surface area contributed by atoms with Gasteiger partial charge < -0.3 is 19.3 Å². The fourth-order valence-electron chi connectivity index (χ4n) is 4.39. The molecule has 1 heterocycles. The van der Waals surface area contributed by atoms with E-state index < -0.39 is 29.1 Å². The Kier molecular flexibility index (Phi) is 11.5. The Morgan fingerprint density at radius 1 is 1.24 bits per heavy atom. The van der Waals surface area contributed by atoms with Gasteiger partial charge in [-0.3, -0.25) is 15.0 Å². The van der Waals surface area contributed by atoms with Crippen molar-refractivity contribution in [3.8, 4) is 5.75 Å². The highest BCUT2D eigenvalue weighted by Gasteiger charge is 2.54. The predicted molar refractivity (Wildman–Crippen MR) is 157 cm³/mol. The first-order valence-electron chi connectivity index (χ1n) is 13.7. The summed E-state index contributed by atoms with van der Waals surface area (Å²) in [6.45, 7) is 9.69. The van der Waals surface area contributed by atoms with Gasteiger partial charge in [-0.25, -0.2) is 10.4 Å². The topological polar surface area (TPSA) is 167 Å². The first kappa shape index (κ1) is 32.1. The third-order valence-corrected chi connectivity index (χ3v) is 6.25. The number of carbonyl (C=O) groups is 2. The molecule has 1 aliphatic rings. The maximum absolute atomic E-state index is 14.0. The quantitative estimate of drug-likeness (QED) is 0.0534. The van der Waals surface area contributed by atoms with E-state index in [4.69, 9.17) is 29.8 Å². The molecule has 1 amide bonds. The lowest BCUT2D eigenvalue weighted by Gasteiger charge is -2.31. The molecule has 12 nitrogen and oxygen atoms in total. The van der Waals surface area contributed by atoms with Crippen LogP contribution in [-0.4, -0.2) is 53.8 Å². The second kappa shape index (κ2) is 15.0. The highest BCUT2D eigenvalue weighted by molar-refractivity contribution is 6.01. The Hall–Kier alpha value is -4.38. The lowest BCUT2D eigenvalue weighted by atomic mass is 9.82. The van der Waals surface area contributed by atoms with Gasteiger partial charge in [0.1, 0.15) is 11.4 Å². The Labute approximate surface area is 245 Å². The molecule has 0 saturated heterocycles. The van der Waals surface area contributed by atoms with Crippen molar-refractivity contribution in [1.82, 2.24) is 10.9 Å². The number of hydrogen-bond donors (Lipinski definition) is 3. The fraction of sp³-hybridized carbons (Fsp3) is 0.433. The summed E-state index contributed by atoms with van der Waals surface area (Å²) >= 11 is 0. The summed E-state index contributed by atoms with van der Waals surface area (Å²) in [5.74, 6) is -0.202. The summed E-state index contributed by atoms with van der Waals surface area (Å²) in [5, 5.41) is 12.7. The first-order chi connectivity index (χ1) is 20.1. The number of benzene rings is 2. The molecule has 0 aromatic heterocycles. The Bertz CT molecular complexity index is 1320. The number of amides is 1. The van der Waals surface area contributed by atoms with Gasteiger partial charge in [-0.1, -0.05) is 35.5 Å². The zero-order valence-electron chi connectivity index (χ0n) is 24.2. The van der Waals surface area contributed by atoms with Gasteiger partial charge in [-0.15, -0.1) is 6.58 Å². The maximum atomic E-state index is 14.0. The van der Waals surface area contributed by atoms with Gasteiger partial charge >= 0.3 is 5.97 Å². The summed E-state index contributed by atoms with van der Waals surface area (Å²) in [4.78, 5) is 34.5. The van der Waals surface area contributed by atoms with Crippen LogP contribution >= 0.6 is 0 Å². The Balaban J connectivity index is 2.09. The minimum atomic E-state index is -1.59. The lowest BCUT2D eigenvalue weighted by Crippen LogP contribution is -2.53. The highest BCUT2D eigenvalue weighted by atomic mass is 16.6. The van der Waals surface area contributed by atoms with Crippen LogP contribution < -0.4 is 15.6 Å². The van der Waals surface area contributed by atoms with Crippen LogP contribution in [0.5, 0.6) is 5.75 Å². The van der Waals surface area contributed by atoms with E-state index in [1.54, 1.807) is 75.4 Å². The predicted octanol–water partition coefficient (Wildman–Crippen LogP) is 4.44.